The van der Waals surface area contributed by atoms with Gasteiger partial charge in [0.1, 0.15) is 5.82 Å². The largest absolute Gasteiger partial charge is 0.306 e. The van der Waals surface area contributed by atoms with E-state index in [-0.39, 0.29) is 11.9 Å². The Bertz CT molecular complexity index is 478. The van der Waals surface area contributed by atoms with Gasteiger partial charge >= 0.3 is 0 Å². The molecule has 0 saturated carbocycles. The van der Waals surface area contributed by atoms with Crippen LogP contribution in [0.1, 0.15) is 69.0 Å². The van der Waals surface area contributed by atoms with Crippen LogP contribution in [0.2, 0.25) is 0 Å². The van der Waals surface area contributed by atoms with Crippen LogP contribution in [-0.2, 0) is 0 Å². The van der Waals surface area contributed by atoms with E-state index >= 15 is 0 Å². The van der Waals surface area contributed by atoms with Crippen LogP contribution in [0.3, 0.4) is 0 Å². The van der Waals surface area contributed by atoms with Crippen molar-refractivity contribution in [1.82, 2.24) is 5.32 Å². The van der Waals surface area contributed by atoms with Crippen molar-refractivity contribution in [2.45, 2.75) is 64.8 Å². The van der Waals surface area contributed by atoms with E-state index in [9.17, 15) is 4.39 Å². The zero-order valence-corrected chi connectivity index (χ0v) is 13.4. The van der Waals surface area contributed by atoms with Gasteiger partial charge in [-0.3, -0.25) is 0 Å². The fourth-order valence-corrected chi connectivity index (χ4v) is 3.09. The van der Waals surface area contributed by atoms with E-state index in [4.69, 9.17) is 0 Å². The van der Waals surface area contributed by atoms with E-state index in [0.717, 1.165) is 36.9 Å². The van der Waals surface area contributed by atoms with Crippen molar-refractivity contribution < 1.29 is 4.39 Å². The lowest BCUT2D eigenvalue weighted by Crippen LogP contribution is -2.25. The van der Waals surface area contributed by atoms with E-state index in [2.05, 4.69) is 18.3 Å². The third-order valence-electron chi connectivity index (χ3n) is 4.26. The van der Waals surface area contributed by atoms with E-state index in [0.29, 0.717) is 0 Å². The van der Waals surface area contributed by atoms with E-state index < -0.39 is 0 Å². The third kappa shape index (κ3) is 4.67. The van der Waals surface area contributed by atoms with Crippen LogP contribution >= 0.6 is 0 Å². The number of hydrogen-bond donors (Lipinski definition) is 1. The van der Waals surface area contributed by atoms with Crippen molar-refractivity contribution in [2.24, 2.45) is 0 Å². The minimum absolute atomic E-state index is 0.0444. The van der Waals surface area contributed by atoms with Gasteiger partial charge in [0.2, 0.25) is 0 Å². The molecule has 1 aromatic rings. The molecule has 2 rings (SSSR count). The number of benzene rings is 1. The molecule has 0 bridgehead atoms. The average molecular weight is 289 g/mol. The Morgan fingerprint density at radius 1 is 1.19 bits per heavy atom. The van der Waals surface area contributed by atoms with Crippen molar-refractivity contribution in [3.05, 3.63) is 46.8 Å². The molecule has 0 radical (unpaired) electrons. The predicted octanol–water partition coefficient (Wildman–Crippen LogP) is 5.46. The minimum atomic E-state index is -0.0860. The van der Waals surface area contributed by atoms with E-state index in [1.54, 1.807) is 6.07 Å². The van der Waals surface area contributed by atoms with Crippen molar-refractivity contribution in [2.75, 3.05) is 6.54 Å². The Morgan fingerprint density at radius 3 is 2.81 bits per heavy atom. The summed E-state index contributed by atoms with van der Waals surface area (Å²) in [6.07, 6.45) is 10.8. The summed E-state index contributed by atoms with van der Waals surface area (Å²) in [4.78, 5) is 0. The van der Waals surface area contributed by atoms with Crippen molar-refractivity contribution in [3.63, 3.8) is 0 Å². The highest BCUT2D eigenvalue weighted by atomic mass is 19.1. The van der Waals surface area contributed by atoms with E-state index in [1.165, 1.54) is 31.3 Å². The van der Waals surface area contributed by atoms with Gasteiger partial charge in [-0.05, 0) is 51.6 Å². The van der Waals surface area contributed by atoms with Gasteiger partial charge in [0, 0.05) is 5.56 Å². The molecule has 0 saturated heterocycles. The molecule has 21 heavy (non-hydrogen) atoms. The molecule has 0 heterocycles. The SMILES string of the molecule is CCCNC(/C1=C/CCCCCC1)c1cc(C)ccc1F. The first-order chi connectivity index (χ1) is 10.2. The fraction of sp³-hybridized carbons (Fsp3) is 0.579. The number of aryl methyl sites for hydroxylation is 1. The maximum absolute atomic E-state index is 14.3. The van der Waals surface area contributed by atoms with Gasteiger partial charge in [0.15, 0.2) is 0 Å². The average Bonchev–Trinajstić information content (AvgIpc) is 2.44. The van der Waals surface area contributed by atoms with Gasteiger partial charge < -0.3 is 5.32 Å². The summed E-state index contributed by atoms with van der Waals surface area (Å²) in [6.45, 7) is 5.12. The number of allylic oxidation sites excluding steroid dienone is 1. The predicted molar refractivity (Wildman–Crippen MR) is 88.0 cm³/mol. The molecular weight excluding hydrogens is 261 g/mol. The number of halogens is 1. The van der Waals surface area contributed by atoms with Crippen molar-refractivity contribution in [1.29, 1.82) is 0 Å². The molecule has 116 valence electrons. The molecule has 0 aliphatic heterocycles. The quantitative estimate of drug-likeness (QED) is 0.710. The molecule has 1 N–H and O–H groups in total. The standard InChI is InChI=1S/C19H28FN/c1-3-13-21-19(16-9-7-5-4-6-8-10-16)17-14-15(2)11-12-18(17)20/h9,11-12,14,19,21H,3-8,10,13H2,1-2H3/b16-9+. The molecule has 2 heteroatoms. The number of nitrogens with one attached hydrogen (secondary N) is 1. The van der Waals surface area contributed by atoms with E-state index in [1.807, 2.05) is 19.1 Å². The summed E-state index contributed by atoms with van der Waals surface area (Å²) in [6, 6.07) is 5.50. The second-order valence-corrected chi connectivity index (χ2v) is 6.14. The van der Waals surface area contributed by atoms with Gasteiger partial charge in [0.25, 0.3) is 0 Å². The molecule has 0 aromatic heterocycles. The lowest BCUT2D eigenvalue weighted by molar-refractivity contribution is 0.513. The lowest BCUT2D eigenvalue weighted by Gasteiger charge is -2.25. The molecule has 1 unspecified atom stereocenters. The Hall–Kier alpha value is -1.15. The Labute approximate surface area is 128 Å². The normalized spacial score (nSPS) is 20.2. The third-order valence-corrected chi connectivity index (χ3v) is 4.26. The number of rotatable bonds is 5. The molecule has 1 aliphatic rings. The smallest absolute Gasteiger partial charge is 0.128 e. The molecule has 1 aliphatic carbocycles. The maximum atomic E-state index is 14.3. The molecule has 0 amide bonds. The van der Waals surface area contributed by atoms with Crippen LogP contribution < -0.4 is 5.32 Å². The molecule has 1 atom stereocenters. The van der Waals surface area contributed by atoms with Crippen molar-refractivity contribution >= 4 is 0 Å². The summed E-state index contributed by atoms with van der Waals surface area (Å²) in [5.74, 6) is -0.0860. The monoisotopic (exact) mass is 289 g/mol. The summed E-state index contributed by atoms with van der Waals surface area (Å²) in [5, 5.41) is 3.56. The van der Waals surface area contributed by atoms with Crippen molar-refractivity contribution in [3.8, 4) is 0 Å². The topological polar surface area (TPSA) is 12.0 Å². The van der Waals surface area contributed by atoms with Crippen LogP contribution in [0.5, 0.6) is 0 Å². The zero-order chi connectivity index (χ0) is 15.1. The fourth-order valence-electron chi connectivity index (χ4n) is 3.09. The molecule has 1 nitrogen and oxygen atoms in total. The second kappa shape index (κ2) is 8.33. The summed E-state index contributed by atoms with van der Waals surface area (Å²) in [7, 11) is 0. The Kier molecular flexibility index (Phi) is 6.44. The highest BCUT2D eigenvalue weighted by Crippen LogP contribution is 2.30. The lowest BCUT2D eigenvalue weighted by atomic mass is 9.90. The van der Waals surface area contributed by atoms with Crippen LogP contribution in [0, 0.1) is 12.7 Å². The minimum Gasteiger partial charge on any atom is -0.306 e. The number of hydrogen-bond acceptors (Lipinski definition) is 1. The molecule has 1 aromatic carbocycles. The summed E-state index contributed by atoms with van der Waals surface area (Å²) in [5.41, 5.74) is 3.32. The van der Waals surface area contributed by atoms with Gasteiger partial charge in [-0.15, -0.1) is 0 Å². The first kappa shape index (κ1) is 16.2. The van der Waals surface area contributed by atoms with Crippen LogP contribution in [0.15, 0.2) is 29.8 Å². The van der Waals surface area contributed by atoms with Crippen LogP contribution in [0.4, 0.5) is 4.39 Å². The van der Waals surface area contributed by atoms with Gasteiger partial charge in [-0.1, -0.05) is 49.1 Å². The summed E-state index contributed by atoms with van der Waals surface area (Å²) >= 11 is 0. The van der Waals surface area contributed by atoms with Gasteiger partial charge in [-0.25, -0.2) is 4.39 Å². The Morgan fingerprint density at radius 2 is 2.00 bits per heavy atom. The molecule has 0 fully saturated rings. The highest BCUT2D eigenvalue weighted by Gasteiger charge is 2.20. The molecule has 0 spiro atoms. The van der Waals surface area contributed by atoms with Crippen LogP contribution in [0.25, 0.3) is 0 Å². The summed E-state index contributed by atoms with van der Waals surface area (Å²) < 4.78 is 14.3. The second-order valence-electron chi connectivity index (χ2n) is 6.14. The molecular formula is C19H28FN. The van der Waals surface area contributed by atoms with Gasteiger partial charge in [-0.2, -0.15) is 0 Å². The van der Waals surface area contributed by atoms with Crippen LogP contribution in [-0.4, -0.2) is 6.54 Å². The maximum Gasteiger partial charge on any atom is 0.128 e. The Balaban J connectivity index is 2.29. The highest BCUT2D eigenvalue weighted by molar-refractivity contribution is 5.33. The first-order valence-electron chi connectivity index (χ1n) is 8.40. The zero-order valence-electron chi connectivity index (χ0n) is 13.4. The first-order valence-corrected chi connectivity index (χ1v) is 8.40. The van der Waals surface area contributed by atoms with Gasteiger partial charge in [0.05, 0.1) is 6.04 Å².